The Balaban J connectivity index is 2.39. The highest BCUT2D eigenvalue weighted by Gasteiger charge is 2.23. The molecule has 2 unspecified atom stereocenters. The molecule has 2 atom stereocenters. The second-order valence-electron chi connectivity index (χ2n) is 4.64. The maximum atomic E-state index is 11.8. The van der Waals surface area contributed by atoms with Gasteiger partial charge in [0.15, 0.2) is 0 Å². The molecule has 104 valence electrons. The topological polar surface area (TPSA) is 78.9 Å². The Morgan fingerprint density at radius 2 is 2.28 bits per heavy atom. The largest absolute Gasteiger partial charge is 0.480 e. The fourth-order valence-corrected chi connectivity index (χ4v) is 1.98. The first-order valence-corrected chi connectivity index (χ1v) is 6.40. The Bertz CT molecular complexity index is 290. The van der Waals surface area contributed by atoms with Gasteiger partial charge in [0.2, 0.25) is 0 Å². The predicted octanol–water partition coefficient (Wildman–Crippen LogP) is 1.06. The van der Waals surface area contributed by atoms with Crippen LogP contribution in [0.5, 0.6) is 0 Å². The summed E-state index contributed by atoms with van der Waals surface area (Å²) in [6, 6.07) is -1.17. The van der Waals surface area contributed by atoms with E-state index in [2.05, 4.69) is 5.32 Å². The van der Waals surface area contributed by atoms with Crippen molar-refractivity contribution in [2.24, 2.45) is 0 Å². The third-order valence-corrected chi connectivity index (χ3v) is 3.02. The molecule has 0 aromatic carbocycles. The molecule has 0 spiro atoms. The number of urea groups is 1. The summed E-state index contributed by atoms with van der Waals surface area (Å²) < 4.78 is 5.44. The number of likely N-dealkylation sites (N-methyl/N-ethyl adjacent to an activating group) is 1. The van der Waals surface area contributed by atoms with Gasteiger partial charge in [-0.1, -0.05) is 13.3 Å². The van der Waals surface area contributed by atoms with E-state index >= 15 is 0 Å². The van der Waals surface area contributed by atoms with Crippen LogP contribution in [0.2, 0.25) is 0 Å². The molecule has 1 aliphatic rings. The van der Waals surface area contributed by atoms with Gasteiger partial charge in [0, 0.05) is 20.2 Å². The van der Waals surface area contributed by atoms with Crippen LogP contribution in [0.15, 0.2) is 0 Å². The maximum absolute atomic E-state index is 11.8. The molecule has 2 amide bonds. The van der Waals surface area contributed by atoms with Gasteiger partial charge < -0.3 is 20.1 Å². The molecule has 1 saturated heterocycles. The van der Waals surface area contributed by atoms with Crippen LogP contribution in [0.25, 0.3) is 0 Å². The zero-order chi connectivity index (χ0) is 13.5. The van der Waals surface area contributed by atoms with Gasteiger partial charge >= 0.3 is 12.0 Å². The average molecular weight is 258 g/mol. The smallest absolute Gasteiger partial charge is 0.326 e. The molecular weight excluding hydrogens is 236 g/mol. The lowest BCUT2D eigenvalue weighted by Gasteiger charge is -2.23. The van der Waals surface area contributed by atoms with Crippen LogP contribution in [0, 0.1) is 0 Å². The Labute approximate surface area is 107 Å². The van der Waals surface area contributed by atoms with Crippen LogP contribution in [-0.4, -0.2) is 54.4 Å². The number of carboxylic acids is 1. The van der Waals surface area contributed by atoms with Gasteiger partial charge in [0.25, 0.3) is 0 Å². The summed E-state index contributed by atoms with van der Waals surface area (Å²) in [5.41, 5.74) is 0. The van der Waals surface area contributed by atoms with Crippen LogP contribution in [0.3, 0.4) is 0 Å². The first kappa shape index (κ1) is 14.8. The summed E-state index contributed by atoms with van der Waals surface area (Å²) in [4.78, 5) is 24.2. The minimum absolute atomic E-state index is 0.0789. The van der Waals surface area contributed by atoms with Crippen molar-refractivity contribution in [3.8, 4) is 0 Å². The van der Waals surface area contributed by atoms with Gasteiger partial charge in [-0.3, -0.25) is 0 Å². The lowest BCUT2D eigenvalue weighted by Crippen LogP contribution is -2.48. The molecule has 6 heteroatoms. The minimum atomic E-state index is -0.990. The van der Waals surface area contributed by atoms with Crippen LogP contribution >= 0.6 is 0 Å². The third kappa shape index (κ3) is 4.52. The number of hydrogen-bond donors (Lipinski definition) is 2. The molecule has 0 bridgehead atoms. The molecular formula is C12H22N2O4. The van der Waals surface area contributed by atoms with E-state index in [1.807, 2.05) is 6.92 Å². The molecule has 0 aromatic heterocycles. The monoisotopic (exact) mass is 258 g/mol. The van der Waals surface area contributed by atoms with Crippen LogP contribution in [0.4, 0.5) is 4.79 Å². The van der Waals surface area contributed by atoms with Crippen molar-refractivity contribution in [3.05, 3.63) is 0 Å². The SMILES string of the molecule is CCCC(NC(=O)N(C)CC1CCCO1)C(=O)O. The lowest BCUT2D eigenvalue weighted by molar-refractivity contribution is -0.139. The number of nitrogens with zero attached hydrogens (tertiary/aromatic N) is 1. The maximum Gasteiger partial charge on any atom is 0.326 e. The molecule has 1 aliphatic heterocycles. The number of carbonyl (C=O) groups excluding carboxylic acids is 1. The number of rotatable bonds is 6. The van der Waals surface area contributed by atoms with Gasteiger partial charge in [-0.25, -0.2) is 9.59 Å². The van der Waals surface area contributed by atoms with E-state index in [1.54, 1.807) is 7.05 Å². The van der Waals surface area contributed by atoms with Gasteiger partial charge in [-0.05, 0) is 19.3 Å². The number of carboxylic acid groups (broad SMARTS) is 1. The van der Waals surface area contributed by atoms with Crippen LogP contribution < -0.4 is 5.32 Å². The summed E-state index contributed by atoms with van der Waals surface area (Å²) in [6.07, 6.45) is 3.21. The molecule has 0 aliphatic carbocycles. The second-order valence-corrected chi connectivity index (χ2v) is 4.64. The summed E-state index contributed by atoms with van der Waals surface area (Å²) in [6.45, 7) is 3.14. The highest BCUT2D eigenvalue weighted by Crippen LogP contribution is 2.12. The Kier molecular flexibility index (Phi) is 5.91. The molecule has 18 heavy (non-hydrogen) atoms. The van der Waals surface area contributed by atoms with E-state index in [-0.39, 0.29) is 12.1 Å². The van der Waals surface area contributed by atoms with Crippen LogP contribution in [-0.2, 0) is 9.53 Å². The molecule has 6 nitrogen and oxygen atoms in total. The van der Waals surface area contributed by atoms with Crippen molar-refractivity contribution in [2.45, 2.75) is 44.8 Å². The van der Waals surface area contributed by atoms with Crippen LogP contribution in [0.1, 0.15) is 32.6 Å². The molecule has 0 saturated carbocycles. The van der Waals surface area contributed by atoms with E-state index in [0.717, 1.165) is 19.4 Å². The molecule has 0 radical (unpaired) electrons. The van der Waals surface area contributed by atoms with E-state index in [1.165, 1.54) is 4.90 Å². The Morgan fingerprint density at radius 1 is 1.56 bits per heavy atom. The van der Waals surface area contributed by atoms with Crippen molar-refractivity contribution >= 4 is 12.0 Å². The highest BCUT2D eigenvalue weighted by molar-refractivity contribution is 5.82. The number of hydrogen-bond acceptors (Lipinski definition) is 3. The number of amides is 2. The normalized spacial score (nSPS) is 20.4. The summed E-state index contributed by atoms with van der Waals surface area (Å²) in [7, 11) is 1.65. The quantitative estimate of drug-likeness (QED) is 0.746. The fourth-order valence-electron chi connectivity index (χ4n) is 1.98. The number of nitrogens with one attached hydrogen (secondary N) is 1. The number of aliphatic carboxylic acids is 1. The number of ether oxygens (including phenoxy) is 1. The summed E-state index contributed by atoms with van der Waals surface area (Å²) in [5, 5.41) is 11.5. The Hall–Kier alpha value is -1.30. The second kappa shape index (κ2) is 7.20. The van der Waals surface area contributed by atoms with E-state index in [0.29, 0.717) is 19.4 Å². The van der Waals surface area contributed by atoms with E-state index < -0.39 is 12.0 Å². The van der Waals surface area contributed by atoms with E-state index in [9.17, 15) is 9.59 Å². The summed E-state index contributed by atoms with van der Waals surface area (Å²) >= 11 is 0. The van der Waals surface area contributed by atoms with Gasteiger partial charge in [-0.15, -0.1) is 0 Å². The first-order valence-electron chi connectivity index (χ1n) is 6.40. The average Bonchev–Trinajstić information content (AvgIpc) is 2.80. The van der Waals surface area contributed by atoms with E-state index in [4.69, 9.17) is 9.84 Å². The Morgan fingerprint density at radius 3 is 2.78 bits per heavy atom. The molecule has 2 N–H and O–H groups in total. The number of carbonyl (C=O) groups is 2. The lowest BCUT2D eigenvalue weighted by atomic mass is 10.2. The third-order valence-electron chi connectivity index (χ3n) is 3.02. The van der Waals surface area contributed by atoms with Crippen molar-refractivity contribution < 1.29 is 19.4 Å². The molecule has 1 rings (SSSR count). The molecule has 1 heterocycles. The molecule has 0 aromatic rings. The van der Waals surface area contributed by atoms with Gasteiger partial charge in [0.1, 0.15) is 6.04 Å². The van der Waals surface area contributed by atoms with Crippen molar-refractivity contribution in [1.82, 2.24) is 10.2 Å². The van der Waals surface area contributed by atoms with Crippen molar-refractivity contribution in [1.29, 1.82) is 0 Å². The molecule has 1 fully saturated rings. The predicted molar refractivity (Wildman–Crippen MR) is 66.5 cm³/mol. The van der Waals surface area contributed by atoms with Gasteiger partial charge in [0.05, 0.1) is 6.10 Å². The summed E-state index contributed by atoms with van der Waals surface area (Å²) in [5.74, 6) is -0.990. The zero-order valence-electron chi connectivity index (χ0n) is 11.0. The highest BCUT2D eigenvalue weighted by atomic mass is 16.5. The zero-order valence-corrected chi connectivity index (χ0v) is 11.0. The van der Waals surface area contributed by atoms with Crippen molar-refractivity contribution in [3.63, 3.8) is 0 Å². The first-order chi connectivity index (χ1) is 8.54. The fraction of sp³-hybridized carbons (Fsp3) is 0.833. The van der Waals surface area contributed by atoms with Crippen molar-refractivity contribution in [2.75, 3.05) is 20.2 Å². The standard InChI is InChI=1S/C12H22N2O4/c1-3-5-10(11(15)16)13-12(17)14(2)8-9-6-4-7-18-9/h9-10H,3-8H2,1-2H3,(H,13,17)(H,15,16). The minimum Gasteiger partial charge on any atom is -0.480 e. The van der Waals surface area contributed by atoms with Gasteiger partial charge in [-0.2, -0.15) is 0 Å².